The number of fused-ring (bicyclic) bond motifs is 3. The fraction of sp³-hybridized carbons (Fsp3) is 0.389. The van der Waals surface area contributed by atoms with Crippen LogP contribution >= 0.6 is 10.8 Å². The zero-order chi connectivity index (χ0) is 20.6. The number of rotatable bonds is 5. The van der Waals surface area contributed by atoms with E-state index in [1.54, 1.807) is 11.4 Å². The number of urea groups is 1. The largest absolute Gasteiger partial charge is 0.382 e. The Balaban J connectivity index is 1.78. The number of para-hydroxylation sites is 1. The van der Waals surface area contributed by atoms with Crippen molar-refractivity contribution in [1.82, 2.24) is 29.5 Å². The predicted molar refractivity (Wildman–Crippen MR) is 115 cm³/mol. The van der Waals surface area contributed by atoms with E-state index in [0.717, 1.165) is 22.8 Å². The summed E-state index contributed by atoms with van der Waals surface area (Å²) in [6.45, 7) is 1.78. The van der Waals surface area contributed by atoms with E-state index in [2.05, 4.69) is 20.6 Å². The van der Waals surface area contributed by atoms with Crippen molar-refractivity contribution in [3.63, 3.8) is 0 Å². The third-order valence-corrected chi connectivity index (χ3v) is 7.16. The third-order valence-electron chi connectivity index (χ3n) is 5.14. The molecule has 1 fully saturated rings. The van der Waals surface area contributed by atoms with Crippen molar-refractivity contribution in [3.8, 4) is 0 Å². The number of imidazole rings is 1. The fourth-order valence-corrected chi connectivity index (χ4v) is 5.28. The van der Waals surface area contributed by atoms with Crippen LogP contribution in [0.4, 0.5) is 10.6 Å². The van der Waals surface area contributed by atoms with Crippen LogP contribution in [0, 0.1) is 0 Å². The first-order valence-electron chi connectivity index (χ1n) is 9.40. The topological polar surface area (TPSA) is 142 Å². The van der Waals surface area contributed by atoms with Gasteiger partial charge in [-0.05, 0) is 12.5 Å². The van der Waals surface area contributed by atoms with Crippen LogP contribution in [-0.2, 0) is 13.1 Å². The second kappa shape index (κ2) is 7.67. The normalized spacial score (nSPS) is 17.6. The average Bonchev–Trinajstić information content (AvgIpc) is 3.24. The lowest BCUT2D eigenvalue weighted by Crippen LogP contribution is -2.33. The number of benzene rings is 1. The van der Waals surface area contributed by atoms with E-state index >= 15 is 0 Å². The minimum atomic E-state index is -2.70. The number of carbonyl (C=O) groups is 1. The highest BCUT2D eigenvalue weighted by atomic mass is 32.3. The van der Waals surface area contributed by atoms with Gasteiger partial charge < -0.3 is 20.9 Å². The van der Waals surface area contributed by atoms with Crippen molar-refractivity contribution in [2.45, 2.75) is 19.5 Å². The number of nitrogens with two attached hydrogens (primary N) is 1. The molecule has 29 heavy (non-hydrogen) atoms. The van der Waals surface area contributed by atoms with Gasteiger partial charge in [0, 0.05) is 32.1 Å². The average molecular weight is 420 g/mol. The maximum absolute atomic E-state index is 11.7. The second-order valence-electron chi connectivity index (χ2n) is 6.94. The van der Waals surface area contributed by atoms with E-state index in [1.165, 1.54) is 0 Å². The molecule has 2 aromatic heterocycles. The molecule has 0 atom stereocenters. The molecule has 0 radical (unpaired) electrons. The van der Waals surface area contributed by atoms with Crippen LogP contribution in [0.15, 0.2) is 24.3 Å². The van der Waals surface area contributed by atoms with Crippen molar-refractivity contribution in [2.75, 3.05) is 31.6 Å². The lowest BCUT2D eigenvalue weighted by Gasteiger charge is -2.36. The molecule has 6 N–H and O–H groups in total. The molecule has 0 saturated carbocycles. The van der Waals surface area contributed by atoms with Gasteiger partial charge in [0.1, 0.15) is 11.3 Å². The standard InChI is InChI=1S/C18H25N7O3S/c1-20-18(26)21-11-14-23-15-16(12-5-2-3-6-13(12)22-17(15)19)25(14)9-8-24-7-4-10-29(24,27)28/h2-3,5-6,27-28H,4,7-11H2,1H3,(H2,19,22)(H2,20,21,26). The van der Waals surface area contributed by atoms with Gasteiger partial charge in [-0.3, -0.25) is 9.11 Å². The number of anilines is 1. The molecule has 156 valence electrons. The first-order chi connectivity index (χ1) is 13.9. The molecule has 10 nitrogen and oxygen atoms in total. The molecule has 0 aliphatic carbocycles. The van der Waals surface area contributed by atoms with Crippen molar-refractivity contribution >= 4 is 44.6 Å². The molecule has 1 aromatic carbocycles. The summed E-state index contributed by atoms with van der Waals surface area (Å²) < 4.78 is 24.2. The van der Waals surface area contributed by atoms with Crippen LogP contribution in [0.1, 0.15) is 12.2 Å². The molecule has 0 unspecified atom stereocenters. The number of aromatic nitrogens is 3. The van der Waals surface area contributed by atoms with Crippen LogP contribution in [0.5, 0.6) is 0 Å². The summed E-state index contributed by atoms with van der Waals surface area (Å²) >= 11 is 0. The van der Waals surface area contributed by atoms with Gasteiger partial charge >= 0.3 is 6.03 Å². The van der Waals surface area contributed by atoms with Gasteiger partial charge in [-0.1, -0.05) is 18.2 Å². The molecule has 0 bridgehead atoms. The molecule has 2 amide bonds. The van der Waals surface area contributed by atoms with Crippen LogP contribution in [0.2, 0.25) is 0 Å². The summed E-state index contributed by atoms with van der Waals surface area (Å²) in [6.07, 6.45) is 0.762. The highest BCUT2D eigenvalue weighted by Gasteiger charge is 2.29. The summed E-state index contributed by atoms with van der Waals surface area (Å²) in [5.41, 5.74) is 8.34. The Morgan fingerprint density at radius 3 is 2.79 bits per heavy atom. The Morgan fingerprint density at radius 2 is 2.07 bits per heavy atom. The number of nitrogens with one attached hydrogen (secondary N) is 2. The molecular formula is C18H25N7O3S. The molecule has 11 heteroatoms. The first-order valence-corrected chi connectivity index (χ1v) is 11.1. The van der Waals surface area contributed by atoms with E-state index < -0.39 is 10.8 Å². The number of amides is 2. The zero-order valence-electron chi connectivity index (χ0n) is 16.1. The second-order valence-corrected chi connectivity index (χ2v) is 9.13. The zero-order valence-corrected chi connectivity index (χ0v) is 16.9. The number of carbonyl (C=O) groups excluding carboxylic acids is 1. The highest BCUT2D eigenvalue weighted by Crippen LogP contribution is 2.48. The maximum Gasteiger partial charge on any atom is 0.314 e. The Kier molecular flexibility index (Phi) is 5.21. The molecule has 3 heterocycles. The van der Waals surface area contributed by atoms with Crippen LogP contribution in [-0.4, -0.2) is 59.9 Å². The van der Waals surface area contributed by atoms with E-state index in [0.29, 0.717) is 42.5 Å². The number of nitrogen functional groups attached to an aromatic ring is 1. The molecule has 1 aliphatic rings. The van der Waals surface area contributed by atoms with Crippen molar-refractivity contribution < 1.29 is 13.9 Å². The number of hydrogen-bond acceptors (Lipinski definition) is 7. The Bertz CT molecular complexity index is 1070. The summed E-state index contributed by atoms with van der Waals surface area (Å²) in [6, 6.07) is 7.36. The monoisotopic (exact) mass is 419 g/mol. The van der Waals surface area contributed by atoms with Crippen LogP contribution in [0.3, 0.4) is 0 Å². The Labute approximate surface area is 169 Å². The van der Waals surface area contributed by atoms with Crippen molar-refractivity contribution in [1.29, 1.82) is 0 Å². The van der Waals surface area contributed by atoms with Gasteiger partial charge in [0.05, 0.1) is 23.3 Å². The van der Waals surface area contributed by atoms with E-state index in [9.17, 15) is 13.9 Å². The van der Waals surface area contributed by atoms with E-state index in [-0.39, 0.29) is 12.6 Å². The van der Waals surface area contributed by atoms with Gasteiger partial charge in [0.2, 0.25) is 0 Å². The van der Waals surface area contributed by atoms with Gasteiger partial charge in [-0.15, -0.1) is 10.8 Å². The fourth-order valence-electron chi connectivity index (χ4n) is 3.71. The smallest absolute Gasteiger partial charge is 0.314 e. The van der Waals surface area contributed by atoms with E-state index in [1.807, 2.05) is 28.8 Å². The van der Waals surface area contributed by atoms with E-state index in [4.69, 9.17) is 5.73 Å². The minimum absolute atomic E-state index is 0.207. The number of pyridine rings is 1. The first kappa shape index (κ1) is 19.7. The summed E-state index contributed by atoms with van der Waals surface area (Å²) in [7, 11) is -1.16. The van der Waals surface area contributed by atoms with Gasteiger partial charge in [0.15, 0.2) is 5.82 Å². The molecule has 1 aliphatic heterocycles. The van der Waals surface area contributed by atoms with Gasteiger partial charge in [-0.25, -0.2) is 19.1 Å². The molecule has 3 aromatic rings. The number of hydrogen-bond donors (Lipinski definition) is 5. The molecule has 0 spiro atoms. The minimum Gasteiger partial charge on any atom is -0.382 e. The Morgan fingerprint density at radius 1 is 1.28 bits per heavy atom. The lowest BCUT2D eigenvalue weighted by atomic mass is 10.2. The van der Waals surface area contributed by atoms with Crippen molar-refractivity contribution in [3.05, 3.63) is 30.1 Å². The van der Waals surface area contributed by atoms with Gasteiger partial charge in [-0.2, -0.15) is 0 Å². The molecule has 1 saturated heterocycles. The molecular weight excluding hydrogens is 394 g/mol. The maximum atomic E-state index is 11.7. The summed E-state index contributed by atoms with van der Waals surface area (Å²) in [5, 5.41) is 6.19. The van der Waals surface area contributed by atoms with Crippen molar-refractivity contribution in [2.24, 2.45) is 0 Å². The quantitative estimate of drug-likeness (QED) is 0.426. The molecule has 4 rings (SSSR count). The van der Waals surface area contributed by atoms with Gasteiger partial charge in [0.25, 0.3) is 0 Å². The van der Waals surface area contributed by atoms with Crippen LogP contribution < -0.4 is 16.4 Å². The predicted octanol–water partition coefficient (Wildman–Crippen LogP) is 1.97. The van der Waals surface area contributed by atoms with Crippen LogP contribution in [0.25, 0.3) is 21.9 Å². The Hall–Kier alpha value is -2.60. The third kappa shape index (κ3) is 3.69. The summed E-state index contributed by atoms with van der Waals surface area (Å²) in [4.78, 5) is 20.8. The highest BCUT2D eigenvalue weighted by molar-refractivity contribution is 8.22. The SMILES string of the molecule is CNC(=O)NCc1nc2c(N)nc3ccccc3c2n1CCN1CCCS1(O)O. The summed E-state index contributed by atoms with van der Waals surface area (Å²) in [5.74, 6) is 1.36. The lowest BCUT2D eigenvalue weighted by molar-refractivity contribution is 0.242. The number of nitrogens with zero attached hydrogens (tertiary/aromatic N) is 4.